The lowest BCUT2D eigenvalue weighted by molar-refractivity contribution is 0.0684. The number of carboxylic acids is 1. The van der Waals surface area contributed by atoms with Crippen molar-refractivity contribution in [1.82, 2.24) is 28.4 Å². The highest BCUT2D eigenvalue weighted by atomic mass is 35.5. The molecule has 0 saturated carbocycles. The molecule has 6 aromatic rings. The maximum atomic E-state index is 13.3. The van der Waals surface area contributed by atoms with Gasteiger partial charge in [-0.2, -0.15) is 14.5 Å². The number of halogens is 1. The van der Waals surface area contributed by atoms with E-state index in [1.165, 1.54) is 10.6 Å². The minimum atomic E-state index is -3.72. The Hall–Kier alpha value is -4.30. The summed E-state index contributed by atoms with van der Waals surface area (Å²) in [5.41, 5.74) is 5.57. The van der Waals surface area contributed by atoms with E-state index in [-0.39, 0.29) is 18.8 Å². The molecule has 0 fully saturated rings. The molecule has 1 aliphatic heterocycles. The fraction of sp³-hybridized carbons (Fsp3) is 0.306. The number of carbonyl (C=O) groups is 1. The van der Waals surface area contributed by atoms with Crippen molar-refractivity contribution in [2.45, 2.75) is 50.6 Å². The number of fused-ring (bicyclic) bond motifs is 8. The van der Waals surface area contributed by atoms with Gasteiger partial charge in [0.15, 0.2) is 0 Å². The molecule has 0 spiro atoms. The van der Waals surface area contributed by atoms with Crippen LogP contribution in [0.3, 0.4) is 0 Å². The predicted molar refractivity (Wildman–Crippen MR) is 197 cm³/mol. The van der Waals surface area contributed by atoms with Crippen molar-refractivity contribution in [2.75, 3.05) is 12.9 Å². The van der Waals surface area contributed by atoms with E-state index in [0.29, 0.717) is 69.3 Å². The second-order valence-corrected chi connectivity index (χ2v) is 16.1. The number of rotatable bonds is 2. The van der Waals surface area contributed by atoms with Gasteiger partial charge in [-0.3, -0.25) is 9.36 Å². The van der Waals surface area contributed by atoms with Crippen molar-refractivity contribution in [3.8, 4) is 16.9 Å². The SMILES string of the molecule is Cc1c(C(=O)O)n2c3ccc(Cl)c(c13)-c1c(nn(C)c1C)CN(S(C)(=O)=O)Cc1cc(n(C)n1)CSc1cc(c3ccccc3c1)OCCC2. The first kappa shape index (κ1) is 34.2. The third kappa shape index (κ3) is 6.16. The second kappa shape index (κ2) is 13.1. The van der Waals surface area contributed by atoms with Gasteiger partial charge in [0, 0.05) is 75.1 Å². The van der Waals surface area contributed by atoms with Crippen LogP contribution in [0.4, 0.5) is 0 Å². The van der Waals surface area contributed by atoms with Gasteiger partial charge in [0.2, 0.25) is 10.0 Å². The fourth-order valence-electron chi connectivity index (χ4n) is 6.91. The Morgan fingerprint density at radius 3 is 2.54 bits per heavy atom. The number of thioether (sulfide) groups is 1. The Balaban J connectivity index is 1.42. The highest BCUT2D eigenvalue weighted by molar-refractivity contribution is 7.98. The number of ether oxygens (including phenoxy) is 1. The molecular formula is C36H37ClN6O5S2. The molecule has 0 aliphatic carbocycles. The molecule has 3 aromatic carbocycles. The van der Waals surface area contributed by atoms with Gasteiger partial charge in [0.25, 0.3) is 0 Å². The van der Waals surface area contributed by atoms with Gasteiger partial charge in [-0.1, -0.05) is 35.9 Å². The molecule has 1 aliphatic rings. The third-order valence-electron chi connectivity index (χ3n) is 9.41. The van der Waals surface area contributed by atoms with E-state index < -0.39 is 16.0 Å². The quantitative estimate of drug-likeness (QED) is 0.203. The average Bonchev–Trinajstić information content (AvgIpc) is 3.66. The number of hydrogen-bond acceptors (Lipinski definition) is 7. The van der Waals surface area contributed by atoms with E-state index in [9.17, 15) is 18.3 Å². The lowest BCUT2D eigenvalue weighted by Gasteiger charge is -2.19. The van der Waals surface area contributed by atoms with E-state index in [4.69, 9.17) is 21.4 Å². The minimum absolute atomic E-state index is 0.0357. The maximum absolute atomic E-state index is 13.3. The number of aromatic carboxylic acids is 1. The Bertz CT molecular complexity index is 2430. The number of hydrogen-bond donors (Lipinski definition) is 1. The molecule has 0 atom stereocenters. The maximum Gasteiger partial charge on any atom is 0.352 e. The smallest absolute Gasteiger partial charge is 0.352 e. The normalized spacial score (nSPS) is 14.8. The summed E-state index contributed by atoms with van der Waals surface area (Å²) in [6.07, 6.45) is 1.73. The Morgan fingerprint density at radius 1 is 1.00 bits per heavy atom. The molecule has 3 aromatic heterocycles. The van der Waals surface area contributed by atoms with Gasteiger partial charge in [-0.05, 0) is 61.5 Å². The van der Waals surface area contributed by atoms with E-state index in [1.807, 2.05) is 54.9 Å². The molecular weight excluding hydrogens is 696 g/mol. The van der Waals surface area contributed by atoms with Crippen molar-refractivity contribution in [1.29, 1.82) is 0 Å². The average molecular weight is 733 g/mol. The lowest BCUT2D eigenvalue weighted by Crippen LogP contribution is -2.29. The lowest BCUT2D eigenvalue weighted by atomic mass is 9.96. The van der Waals surface area contributed by atoms with Gasteiger partial charge in [-0.25, -0.2) is 13.2 Å². The first-order valence-electron chi connectivity index (χ1n) is 16.1. The van der Waals surface area contributed by atoms with Crippen LogP contribution in [0, 0.1) is 13.8 Å². The van der Waals surface area contributed by atoms with E-state index in [0.717, 1.165) is 32.8 Å². The molecule has 8 bridgehead atoms. The van der Waals surface area contributed by atoms with Gasteiger partial charge < -0.3 is 14.4 Å². The van der Waals surface area contributed by atoms with E-state index in [2.05, 4.69) is 17.2 Å². The summed E-state index contributed by atoms with van der Waals surface area (Å²) in [6, 6.07) is 17.8. The Morgan fingerprint density at radius 2 is 1.78 bits per heavy atom. The monoisotopic (exact) mass is 732 g/mol. The molecule has 0 amide bonds. The summed E-state index contributed by atoms with van der Waals surface area (Å²) in [7, 11) is -0.0621. The zero-order valence-electron chi connectivity index (χ0n) is 28.4. The number of carboxylic acid groups (broad SMARTS) is 1. The van der Waals surface area contributed by atoms with Crippen molar-refractivity contribution < 1.29 is 23.1 Å². The number of benzene rings is 3. The summed E-state index contributed by atoms with van der Waals surface area (Å²) in [4.78, 5) is 13.8. The van der Waals surface area contributed by atoms with E-state index in [1.54, 1.807) is 41.2 Å². The molecule has 7 rings (SSSR count). The number of nitrogens with zero attached hydrogens (tertiary/aromatic N) is 6. The summed E-state index contributed by atoms with van der Waals surface area (Å²) in [5, 5.41) is 23.1. The number of sulfonamides is 1. The van der Waals surface area contributed by atoms with Crippen LogP contribution >= 0.6 is 23.4 Å². The van der Waals surface area contributed by atoms with Crippen LogP contribution in [0.1, 0.15) is 45.2 Å². The summed E-state index contributed by atoms with van der Waals surface area (Å²) in [5.74, 6) is 0.318. The van der Waals surface area contributed by atoms with Crippen molar-refractivity contribution in [2.24, 2.45) is 14.1 Å². The summed E-state index contributed by atoms with van der Waals surface area (Å²) in [6.45, 7) is 4.45. The molecule has 4 heterocycles. The van der Waals surface area contributed by atoms with Crippen LogP contribution in [0.25, 0.3) is 32.8 Å². The van der Waals surface area contributed by atoms with E-state index >= 15 is 0 Å². The van der Waals surface area contributed by atoms with Crippen LogP contribution in [0.2, 0.25) is 5.02 Å². The predicted octanol–water partition coefficient (Wildman–Crippen LogP) is 6.93. The van der Waals surface area contributed by atoms with Crippen LogP contribution in [-0.2, 0) is 49.5 Å². The molecule has 0 unspecified atom stereocenters. The largest absolute Gasteiger partial charge is 0.493 e. The van der Waals surface area contributed by atoms with Crippen LogP contribution in [0.5, 0.6) is 5.75 Å². The van der Waals surface area contributed by atoms with Gasteiger partial charge in [0.05, 0.1) is 37.3 Å². The van der Waals surface area contributed by atoms with Crippen LogP contribution in [-0.4, -0.2) is 60.8 Å². The first-order valence-corrected chi connectivity index (χ1v) is 19.4. The zero-order valence-corrected chi connectivity index (χ0v) is 30.8. The standard InChI is InChI=1S/C36H37ClN6O5S2/c1-21-32-30-12-11-28(37)34(32)33-22(2)40(3)39-29(33)19-42(50(5,46)47)18-24-16-25(41(4)38-24)20-49-26-15-23-9-6-7-10-27(23)31(17-26)48-14-8-13-43(30)35(21)36(44)45/h6-7,9-12,15-17H,8,13-14,18-20H2,1-5H3,(H,44,45). The van der Waals surface area contributed by atoms with Crippen LogP contribution in [0.15, 0.2) is 59.5 Å². The van der Waals surface area contributed by atoms with Crippen molar-refractivity contribution in [3.63, 3.8) is 0 Å². The highest BCUT2D eigenvalue weighted by Gasteiger charge is 2.29. The minimum Gasteiger partial charge on any atom is -0.493 e. The summed E-state index contributed by atoms with van der Waals surface area (Å²) < 4.78 is 39.7. The summed E-state index contributed by atoms with van der Waals surface area (Å²) >= 11 is 8.63. The fourth-order valence-corrected chi connectivity index (χ4v) is 8.87. The highest BCUT2D eigenvalue weighted by Crippen LogP contribution is 2.43. The molecule has 0 radical (unpaired) electrons. The van der Waals surface area contributed by atoms with Crippen LogP contribution < -0.4 is 4.74 Å². The molecule has 0 saturated heterocycles. The third-order valence-corrected chi connectivity index (χ3v) is 11.9. The van der Waals surface area contributed by atoms with Crippen molar-refractivity contribution in [3.05, 3.63) is 93.7 Å². The Kier molecular flexibility index (Phi) is 8.96. The zero-order chi connectivity index (χ0) is 35.5. The van der Waals surface area contributed by atoms with Gasteiger partial charge in [-0.15, -0.1) is 11.8 Å². The van der Waals surface area contributed by atoms with Gasteiger partial charge in [0.1, 0.15) is 11.4 Å². The van der Waals surface area contributed by atoms with Gasteiger partial charge >= 0.3 is 5.97 Å². The number of aromatic nitrogens is 5. The molecule has 50 heavy (non-hydrogen) atoms. The number of aryl methyl sites for hydroxylation is 4. The molecule has 11 nitrogen and oxygen atoms in total. The Labute approximate surface area is 299 Å². The van der Waals surface area contributed by atoms with Crippen molar-refractivity contribution >= 4 is 61.0 Å². The molecule has 14 heteroatoms. The molecule has 260 valence electrons. The molecule has 1 N–H and O–H groups in total. The first-order chi connectivity index (χ1) is 23.8. The second-order valence-electron chi connectivity index (χ2n) is 12.7. The topological polar surface area (TPSA) is 124 Å².